The fourth-order valence-electron chi connectivity index (χ4n) is 4.20. The van der Waals surface area contributed by atoms with Crippen LogP contribution in [0.2, 0.25) is 5.02 Å². The Morgan fingerprint density at radius 2 is 1.69 bits per heavy atom. The maximum absolute atomic E-state index is 13.6. The molecule has 5 rings (SSSR count). The molecule has 1 atom stereocenters. The van der Waals surface area contributed by atoms with Gasteiger partial charge >= 0.3 is 0 Å². The van der Waals surface area contributed by atoms with Crippen molar-refractivity contribution in [2.75, 3.05) is 9.46 Å². The highest BCUT2D eigenvalue weighted by Crippen LogP contribution is 2.46. The molecule has 6 nitrogen and oxygen atoms in total. The lowest BCUT2D eigenvalue weighted by Crippen LogP contribution is -2.43. The number of rotatable bonds is 3. The minimum absolute atomic E-state index is 0.0305. The number of sulfonamides is 2. The number of hydrogen-bond donors (Lipinski definition) is 1. The predicted molar refractivity (Wildman–Crippen MR) is 126 cm³/mol. The second-order valence-corrected chi connectivity index (χ2v) is 12.2. The number of hydrogen-bond acceptors (Lipinski definition) is 4. The number of aromatic amines is 1. The molecule has 164 valence electrons. The first-order valence-electron chi connectivity index (χ1n) is 9.89. The van der Waals surface area contributed by atoms with Crippen LogP contribution in [0.15, 0.2) is 77.7 Å². The Kier molecular flexibility index (Phi) is 4.85. The summed E-state index contributed by atoms with van der Waals surface area (Å²) >= 11 is 6.16. The molecular weight excluding hydrogens is 468 g/mol. The van der Waals surface area contributed by atoms with Crippen LogP contribution in [0.3, 0.4) is 0 Å². The molecule has 1 aliphatic heterocycles. The number of nitrogens with zero attached hydrogens (tertiary/aromatic N) is 1. The molecule has 32 heavy (non-hydrogen) atoms. The van der Waals surface area contributed by atoms with Crippen LogP contribution in [-0.4, -0.2) is 27.6 Å². The van der Waals surface area contributed by atoms with Crippen molar-refractivity contribution in [1.29, 1.82) is 0 Å². The predicted octanol–water partition coefficient (Wildman–Crippen LogP) is 4.80. The van der Waals surface area contributed by atoms with Crippen LogP contribution in [0.1, 0.15) is 22.6 Å². The first kappa shape index (κ1) is 21.1. The Morgan fingerprint density at radius 3 is 2.38 bits per heavy atom. The number of aromatic nitrogens is 1. The van der Waals surface area contributed by atoms with Gasteiger partial charge in [0.15, 0.2) is 0 Å². The van der Waals surface area contributed by atoms with Gasteiger partial charge in [-0.05, 0) is 36.8 Å². The first-order valence-corrected chi connectivity index (χ1v) is 13.3. The molecule has 0 spiro atoms. The third-order valence-corrected chi connectivity index (χ3v) is 10.1. The summed E-state index contributed by atoms with van der Waals surface area (Å²) in [6.07, 6.45) is 0. The molecule has 4 aromatic rings. The van der Waals surface area contributed by atoms with Crippen LogP contribution in [0.4, 0.5) is 5.82 Å². The van der Waals surface area contributed by atoms with E-state index in [0.717, 1.165) is 16.5 Å². The molecule has 0 saturated heterocycles. The van der Waals surface area contributed by atoms with E-state index in [1.54, 1.807) is 30.3 Å². The van der Waals surface area contributed by atoms with Gasteiger partial charge in [0.25, 0.3) is 20.0 Å². The Morgan fingerprint density at radius 1 is 1.00 bits per heavy atom. The quantitative estimate of drug-likeness (QED) is 0.450. The standard InChI is InChI=1S/C23H19ClN2O4S2/c1-15-7-10-18(11-8-15)32(29,30)26-23-22(19-12-9-17(24)13-21(19)25-23)20(14-31(26,27)28)16-5-3-2-4-6-16/h2-13,20,25H,14H2,1H3. The third-order valence-electron chi connectivity index (χ3n) is 5.68. The highest BCUT2D eigenvalue weighted by molar-refractivity contribution is 8.10. The van der Waals surface area contributed by atoms with Crippen molar-refractivity contribution < 1.29 is 16.8 Å². The summed E-state index contributed by atoms with van der Waals surface area (Å²) in [7, 11) is -8.61. The molecular formula is C23H19ClN2O4S2. The van der Waals surface area contributed by atoms with E-state index >= 15 is 0 Å². The normalized spacial score (nSPS) is 17.9. The molecule has 0 saturated carbocycles. The summed E-state index contributed by atoms with van der Waals surface area (Å²) in [6, 6.07) is 20.5. The average molecular weight is 487 g/mol. The number of halogens is 1. The van der Waals surface area contributed by atoms with E-state index in [4.69, 9.17) is 11.6 Å². The molecule has 0 amide bonds. The second kappa shape index (κ2) is 7.37. The van der Waals surface area contributed by atoms with Crippen molar-refractivity contribution >= 4 is 48.4 Å². The van der Waals surface area contributed by atoms with Gasteiger partial charge in [0.05, 0.1) is 10.6 Å². The topological polar surface area (TPSA) is 87.3 Å². The Hall–Kier alpha value is -2.81. The molecule has 0 radical (unpaired) electrons. The highest BCUT2D eigenvalue weighted by atomic mass is 35.5. The zero-order valence-corrected chi connectivity index (χ0v) is 19.4. The van der Waals surface area contributed by atoms with Crippen LogP contribution >= 0.6 is 11.6 Å². The van der Waals surface area contributed by atoms with Gasteiger partial charge in [0, 0.05) is 27.4 Å². The monoisotopic (exact) mass is 486 g/mol. The van der Waals surface area contributed by atoms with Gasteiger partial charge in [-0.2, -0.15) is 8.42 Å². The second-order valence-electron chi connectivity index (χ2n) is 7.83. The van der Waals surface area contributed by atoms with Gasteiger partial charge in [0.2, 0.25) is 0 Å². The van der Waals surface area contributed by atoms with Gasteiger partial charge in [-0.3, -0.25) is 0 Å². The molecule has 1 N–H and O–H groups in total. The van der Waals surface area contributed by atoms with E-state index in [-0.39, 0.29) is 16.5 Å². The van der Waals surface area contributed by atoms with Crippen LogP contribution in [0, 0.1) is 6.92 Å². The van der Waals surface area contributed by atoms with Crippen molar-refractivity contribution in [2.45, 2.75) is 17.7 Å². The molecule has 1 aliphatic rings. The maximum atomic E-state index is 13.6. The van der Waals surface area contributed by atoms with Crippen LogP contribution in [-0.2, 0) is 20.0 Å². The Balaban J connectivity index is 1.81. The molecule has 2 heterocycles. The molecule has 0 aliphatic carbocycles. The number of anilines is 1. The number of fused-ring (bicyclic) bond motifs is 3. The summed E-state index contributed by atoms with van der Waals surface area (Å²) in [5, 5.41) is 1.19. The smallest absolute Gasteiger partial charge is 0.278 e. The van der Waals surface area contributed by atoms with Crippen LogP contribution in [0.5, 0.6) is 0 Å². The van der Waals surface area contributed by atoms with E-state index in [9.17, 15) is 16.8 Å². The van der Waals surface area contributed by atoms with Crippen molar-refractivity contribution in [1.82, 2.24) is 4.98 Å². The van der Waals surface area contributed by atoms with E-state index in [0.29, 0.717) is 19.8 Å². The molecule has 0 bridgehead atoms. The zero-order valence-electron chi connectivity index (χ0n) is 17.0. The molecule has 9 heteroatoms. The minimum atomic E-state index is -4.38. The largest absolute Gasteiger partial charge is 0.339 e. The van der Waals surface area contributed by atoms with Gasteiger partial charge in [0.1, 0.15) is 5.82 Å². The summed E-state index contributed by atoms with van der Waals surface area (Å²) in [5.74, 6) is -0.872. The van der Waals surface area contributed by atoms with Crippen molar-refractivity contribution in [3.8, 4) is 0 Å². The Labute approximate surface area is 191 Å². The van der Waals surface area contributed by atoms with Crippen LogP contribution < -0.4 is 3.71 Å². The third kappa shape index (κ3) is 3.30. The fourth-order valence-corrected chi connectivity index (χ4v) is 8.40. The minimum Gasteiger partial charge on any atom is -0.339 e. The van der Waals surface area contributed by atoms with Crippen LogP contribution in [0.25, 0.3) is 10.9 Å². The van der Waals surface area contributed by atoms with Crippen molar-refractivity contribution in [3.63, 3.8) is 0 Å². The van der Waals surface area contributed by atoms with Gasteiger partial charge in [-0.15, -0.1) is 3.71 Å². The summed E-state index contributed by atoms with van der Waals surface area (Å²) < 4.78 is 54.6. The molecule has 0 fully saturated rings. The van der Waals surface area contributed by atoms with E-state index in [1.165, 1.54) is 12.1 Å². The van der Waals surface area contributed by atoms with E-state index in [2.05, 4.69) is 4.98 Å². The lowest BCUT2D eigenvalue weighted by Gasteiger charge is -2.32. The maximum Gasteiger partial charge on any atom is 0.278 e. The van der Waals surface area contributed by atoms with Crippen molar-refractivity contribution in [3.05, 3.63) is 94.5 Å². The van der Waals surface area contributed by atoms with E-state index in [1.807, 2.05) is 37.3 Å². The summed E-state index contributed by atoms with van der Waals surface area (Å²) in [5.41, 5.74) is 2.86. The number of aryl methyl sites for hydroxylation is 1. The summed E-state index contributed by atoms with van der Waals surface area (Å²) in [4.78, 5) is 2.94. The van der Waals surface area contributed by atoms with Crippen molar-refractivity contribution in [2.24, 2.45) is 0 Å². The SMILES string of the molecule is Cc1ccc(S(=O)(=O)N2c3[nH]c4cc(Cl)ccc4c3C(c3ccccc3)CS2(=O)=O)cc1. The fraction of sp³-hybridized carbons (Fsp3) is 0.130. The average Bonchev–Trinajstić information content (AvgIpc) is 3.10. The number of nitrogens with one attached hydrogen (secondary N) is 1. The first-order chi connectivity index (χ1) is 15.2. The van der Waals surface area contributed by atoms with Gasteiger partial charge < -0.3 is 4.98 Å². The lowest BCUT2D eigenvalue weighted by molar-refractivity contribution is 0.579. The van der Waals surface area contributed by atoms with Gasteiger partial charge in [-0.25, -0.2) is 8.42 Å². The molecule has 1 unspecified atom stereocenters. The highest BCUT2D eigenvalue weighted by Gasteiger charge is 2.46. The number of benzene rings is 3. The van der Waals surface area contributed by atoms with E-state index < -0.39 is 26.0 Å². The lowest BCUT2D eigenvalue weighted by atomic mass is 9.92. The number of H-pyrrole nitrogens is 1. The van der Waals surface area contributed by atoms with Gasteiger partial charge in [-0.1, -0.05) is 65.7 Å². The summed E-state index contributed by atoms with van der Waals surface area (Å²) in [6.45, 7) is 1.83. The molecule has 1 aromatic heterocycles. The molecule has 3 aromatic carbocycles. The zero-order chi connectivity index (χ0) is 22.7. The Bertz CT molecular complexity index is 1550.